The highest BCUT2D eigenvalue weighted by Crippen LogP contribution is 2.35. The minimum absolute atomic E-state index is 0.159. The van der Waals surface area contributed by atoms with Crippen LogP contribution in [0.5, 0.6) is 5.75 Å². The fourth-order valence-corrected chi connectivity index (χ4v) is 2.07. The van der Waals surface area contributed by atoms with Crippen LogP contribution >= 0.6 is 0 Å². The van der Waals surface area contributed by atoms with E-state index in [0.717, 1.165) is 4.90 Å². The monoisotopic (exact) mass is 277 g/mol. The first-order valence-corrected chi connectivity index (χ1v) is 6.13. The third-order valence-electron chi connectivity index (χ3n) is 3.06. The molecule has 6 heteroatoms. The normalized spacial score (nSPS) is 17.4. The van der Waals surface area contributed by atoms with Gasteiger partial charge in [0.15, 0.2) is 6.61 Å². The molecule has 0 aliphatic carbocycles. The fourth-order valence-electron chi connectivity index (χ4n) is 2.07. The maximum Gasteiger partial charge on any atom is 0.341 e. The van der Waals surface area contributed by atoms with Crippen LogP contribution in [0.4, 0.5) is 5.69 Å². The minimum Gasteiger partial charge on any atom is -0.482 e. The molecule has 106 valence electrons. The van der Waals surface area contributed by atoms with Crippen LogP contribution in [0.2, 0.25) is 0 Å². The van der Waals surface area contributed by atoms with Gasteiger partial charge in [0.25, 0.3) is 0 Å². The Morgan fingerprint density at radius 2 is 2.10 bits per heavy atom. The Bertz CT molecular complexity index is 579. The number of carbonyl (C=O) groups is 3. The summed E-state index contributed by atoms with van der Waals surface area (Å²) in [6, 6.07) is 6.28. The van der Waals surface area contributed by atoms with Crippen molar-refractivity contribution in [2.24, 2.45) is 5.41 Å². The lowest BCUT2D eigenvalue weighted by Gasteiger charge is -2.18. The highest BCUT2D eigenvalue weighted by atomic mass is 16.5. The topological polar surface area (TPSA) is 83.9 Å². The maximum absolute atomic E-state index is 12.2. The number of benzene rings is 1. The summed E-state index contributed by atoms with van der Waals surface area (Å²) >= 11 is 0. The standard InChI is InChI=1S/C14H15NO5/c1-14(2)7-11(16)15(13(14)19)9-4-3-5-10(6-9)20-8-12(17)18/h3-6H,7-8H2,1-2H3,(H,17,18). The number of hydrogen-bond donors (Lipinski definition) is 1. The molecule has 0 spiro atoms. The van der Waals surface area contributed by atoms with E-state index in [0.29, 0.717) is 11.4 Å². The molecule has 2 amide bonds. The van der Waals surface area contributed by atoms with Gasteiger partial charge in [0.2, 0.25) is 11.8 Å². The van der Waals surface area contributed by atoms with E-state index in [-0.39, 0.29) is 18.2 Å². The molecule has 0 saturated carbocycles. The number of nitrogens with zero attached hydrogens (tertiary/aromatic N) is 1. The van der Waals surface area contributed by atoms with Gasteiger partial charge in [0.1, 0.15) is 5.75 Å². The molecule has 1 aromatic carbocycles. The van der Waals surface area contributed by atoms with Crippen molar-refractivity contribution in [3.8, 4) is 5.75 Å². The van der Waals surface area contributed by atoms with E-state index in [1.165, 1.54) is 6.07 Å². The Balaban J connectivity index is 2.25. The number of aliphatic carboxylic acids is 1. The van der Waals surface area contributed by atoms with Crippen LogP contribution in [0.15, 0.2) is 24.3 Å². The van der Waals surface area contributed by atoms with Crippen LogP contribution in [-0.2, 0) is 14.4 Å². The zero-order valence-electron chi connectivity index (χ0n) is 11.3. The molecule has 0 atom stereocenters. The number of rotatable bonds is 4. The molecule has 1 heterocycles. The van der Waals surface area contributed by atoms with Crippen LogP contribution in [0.1, 0.15) is 20.3 Å². The summed E-state index contributed by atoms with van der Waals surface area (Å²) in [5.41, 5.74) is -0.317. The number of imide groups is 1. The van der Waals surface area contributed by atoms with E-state index in [9.17, 15) is 14.4 Å². The summed E-state index contributed by atoms with van der Waals surface area (Å²) in [6.07, 6.45) is 0.159. The molecule has 20 heavy (non-hydrogen) atoms. The van der Waals surface area contributed by atoms with Gasteiger partial charge in [0.05, 0.1) is 11.1 Å². The average molecular weight is 277 g/mol. The van der Waals surface area contributed by atoms with E-state index in [1.807, 2.05) is 0 Å². The SMILES string of the molecule is CC1(C)CC(=O)N(c2cccc(OCC(=O)O)c2)C1=O. The molecule has 0 bridgehead atoms. The Hall–Kier alpha value is -2.37. The second-order valence-electron chi connectivity index (χ2n) is 5.27. The smallest absolute Gasteiger partial charge is 0.341 e. The molecular weight excluding hydrogens is 262 g/mol. The second kappa shape index (κ2) is 4.96. The van der Waals surface area contributed by atoms with Crippen molar-refractivity contribution < 1.29 is 24.2 Å². The molecule has 0 aromatic heterocycles. The number of ether oxygens (including phenoxy) is 1. The van der Waals surface area contributed by atoms with Crippen LogP contribution in [0.3, 0.4) is 0 Å². The molecule has 1 aliphatic rings. The Kier molecular flexibility index (Phi) is 3.48. The van der Waals surface area contributed by atoms with Gasteiger partial charge in [-0.2, -0.15) is 0 Å². The number of amides is 2. The van der Waals surface area contributed by atoms with E-state index < -0.39 is 18.0 Å². The highest BCUT2D eigenvalue weighted by molar-refractivity contribution is 6.22. The van der Waals surface area contributed by atoms with Crippen molar-refractivity contribution in [3.05, 3.63) is 24.3 Å². The van der Waals surface area contributed by atoms with Crippen LogP contribution in [0.25, 0.3) is 0 Å². The van der Waals surface area contributed by atoms with Gasteiger partial charge in [-0.15, -0.1) is 0 Å². The van der Waals surface area contributed by atoms with Gasteiger partial charge < -0.3 is 9.84 Å². The lowest BCUT2D eigenvalue weighted by molar-refractivity contribution is -0.139. The molecule has 1 saturated heterocycles. The first-order chi connectivity index (χ1) is 9.31. The van der Waals surface area contributed by atoms with Gasteiger partial charge in [-0.3, -0.25) is 9.59 Å². The molecular formula is C14H15NO5. The minimum atomic E-state index is -1.09. The average Bonchev–Trinajstić information content (AvgIpc) is 2.56. The molecule has 6 nitrogen and oxygen atoms in total. The summed E-state index contributed by atoms with van der Waals surface area (Å²) in [4.78, 5) is 35.7. The quantitative estimate of drug-likeness (QED) is 0.842. The lowest BCUT2D eigenvalue weighted by Crippen LogP contribution is -2.32. The number of carboxylic acid groups (broad SMARTS) is 1. The highest BCUT2D eigenvalue weighted by Gasteiger charge is 2.45. The van der Waals surface area contributed by atoms with Gasteiger partial charge in [-0.25, -0.2) is 9.69 Å². The predicted molar refractivity (Wildman–Crippen MR) is 70.5 cm³/mol. The van der Waals surface area contributed by atoms with E-state index >= 15 is 0 Å². The largest absolute Gasteiger partial charge is 0.482 e. The van der Waals surface area contributed by atoms with E-state index in [2.05, 4.69) is 0 Å². The number of carboxylic acids is 1. The zero-order chi connectivity index (χ0) is 14.9. The molecule has 0 radical (unpaired) electrons. The van der Waals surface area contributed by atoms with E-state index in [4.69, 9.17) is 9.84 Å². The molecule has 0 unspecified atom stereocenters. The van der Waals surface area contributed by atoms with Crippen molar-refractivity contribution >= 4 is 23.5 Å². The first-order valence-electron chi connectivity index (χ1n) is 6.13. The van der Waals surface area contributed by atoms with Crippen molar-refractivity contribution in [2.75, 3.05) is 11.5 Å². The molecule has 1 aliphatic heterocycles. The van der Waals surface area contributed by atoms with Crippen LogP contribution in [-0.4, -0.2) is 29.5 Å². The Labute approximate surface area is 115 Å². The van der Waals surface area contributed by atoms with Crippen LogP contribution < -0.4 is 9.64 Å². The van der Waals surface area contributed by atoms with Gasteiger partial charge in [-0.05, 0) is 12.1 Å². The maximum atomic E-state index is 12.2. The van der Waals surface area contributed by atoms with Gasteiger partial charge >= 0.3 is 5.97 Å². The van der Waals surface area contributed by atoms with Crippen molar-refractivity contribution in [1.29, 1.82) is 0 Å². The van der Waals surface area contributed by atoms with Gasteiger partial charge in [0, 0.05) is 12.5 Å². The predicted octanol–water partition coefficient (Wildman–Crippen LogP) is 1.44. The Morgan fingerprint density at radius 1 is 1.40 bits per heavy atom. The third-order valence-corrected chi connectivity index (χ3v) is 3.06. The van der Waals surface area contributed by atoms with Gasteiger partial charge in [-0.1, -0.05) is 19.9 Å². The third kappa shape index (κ3) is 2.64. The van der Waals surface area contributed by atoms with Crippen molar-refractivity contribution in [1.82, 2.24) is 0 Å². The molecule has 1 fully saturated rings. The number of anilines is 1. The number of hydrogen-bond acceptors (Lipinski definition) is 4. The first kappa shape index (κ1) is 14.0. The van der Waals surface area contributed by atoms with Crippen molar-refractivity contribution in [2.45, 2.75) is 20.3 Å². The number of carbonyl (C=O) groups excluding carboxylic acids is 2. The summed E-state index contributed by atoms with van der Waals surface area (Å²) in [5.74, 6) is -1.33. The fraction of sp³-hybridized carbons (Fsp3) is 0.357. The lowest BCUT2D eigenvalue weighted by atomic mass is 9.92. The molecule has 2 rings (SSSR count). The van der Waals surface area contributed by atoms with E-state index in [1.54, 1.807) is 32.0 Å². The summed E-state index contributed by atoms with van der Waals surface area (Å²) in [6.45, 7) is 2.97. The summed E-state index contributed by atoms with van der Waals surface area (Å²) < 4.78 is 5.04. The molecule has 1 N–H and O–H groups in total. The molecule has 1 aromatic rings. The summed E-state index contributed by atoms with van der Waals surface area (Å²) in [5, 5.41) is 8.56. The summed E-state index contributed by atoms with van der Waals surface area (Å²) in [7, 11) is 0. The zero-order valence-corrected chi connectivity index (χ0v) is 11.3. The van der Waals surface area contributed by atoms with Crippen LogP contribution in [0, 0.1) is 5.41 Å². The second-order valence-corrected chi connectivity index (χ2v) is 5.27. The Morgan fingerprint density at radius 3 is 2.65 bits per heavy atom. The van der Waals surface area contributed by atoms with Crippen molar-refractivity contribution in [3.63, 3.8) is 0 Å².